The van der Waals surface area contributed by atoms with Gasteiger partial charge in [0.25, 0.3) is 11.7 Å². The van der Waals surface area contributed by atoms with E-state index in [1.54, 1.807) is 9.42 Å². The van der Waals surface area contributed by atoms with E-state index in [4.69, 9.17) is 11.6 Å². The molecular formula is C18H19ClN6O. The molecule has 0 saturated carbocycles. The maximum atomic E-state index is 13.1. The second-order valence-corrected chi connectivity index (χ2v) is 6.83. The Kier molecular flexibility index (Phi) is 4.34. The lowest BCUT2D eigenvalue weighted by atomic mass is 10.0. The molecule has 26 heavy (non-hydrogen) atoms. The summed E-state index contributed by atoms with van der Waals surface area (Å²) in [6.07, 6.45) is 0. The van der Waals surface area contributed by atoms with Gasteiger partial charge < -0.3 is 10.2 Å². The molecule has 7 nitrogen and oxygen atoms in total. The van der Waals surface area contributed by atoms with Crippen LogP contribution in [0.25, 0.3) is 5.78 Å². The van der Waals surface area contributed by atoms with E-state index in [1.807, 2.05) is 44.2 Å². The molecule has 0 bridgehead atoms. The predicted octanol–water partition coefficient (Wildman–Crippen LogP) is 2.18. The molecule has 2 aromatic heterocycles. The Morgan fingerprint density at radius 1 is 1.27 bits per heavy atom. The third-order valence-corrected chi connectivity index (χ3v) is 4.92. The summed E-state index contributed by atoms with van der Waals surface area (Å²) in [6.45, 7) is 5.74. The van der Waals surface area contributed by atoms with Gasteiger partial charge in [-0.05, 0) is 31.5 Å². The number of piperazine rings is 1. The summed E-state index contributed by atoms with van der Waals surface area (Å²) in [5, 5.41) is 8.35. The van der Waals surface area contributed by atoms with Crippen molar-refractivity contribution in [3.63, 3.8) is 0 Å². The fourth-order valence-corrected chi connectivity index (χ4v) is 3.62. The van der Waals surface area contributed by atoms with Crippen LogP contribution in [-0.4, -0.2) is 50.0 Å². The van der Waals surface area contributed by atoms with Crippen molar-refractivity contribution in [3.8, 4) is 0 Å². The summed E-state index contributed by atoms with van der Waals surface area (Å²) < 4.78 is 1.60. The SMILES string of the molecule is Cc1cc(C)n2nc(C(=O)N3CCNCC3c3ccccc3Cl)nc2n1. The van der Waals surface area contributed by atoms with E-state index in [0.29, 0.717) is 23.9 Å². The fourth-order valence-electron chi connectivity index (χ4n) is 3.36. The summed E-state index contributed by atoms with van der Waals surface area (Å²) in [5.74, 6) is 0.388. The topological polar surface area (TPSA) is 75.4 Å². The summed E-state index contributed by atoms with van der Waals surface area (Å²) >= 11 is 6.36. The number of hydrogen-bond donors (Lipinski definition) is 1. The number of benzene rings is 1. The van der Waals surface area contributed by atoms with Crippen molar-refractivity contribution in [2.45, 2.75) is 19.9 Å². The molecule has 1 amide bonds. The molecule has 1 fully saturated rings. The number of amides is 1. The van der Waals surface area contributed by atoms with Gasteiger partial charge in [-0.2, -0.15) is 4.98 Å². The Morgan fingerprint density at radius 2 is 2.08 bits per heavy atom. The average molecular weight is 371 g/mol. The summed E-state index contributed by atoms with van der Waals surface area (Å²) in [7, 11) is 0. The fraction of sp³-hybridized carbons (Fsp3) is 0.333. The molecule has 1 saturated heterocycles. The first kappa shape index (κ1) is 16.9. The highest BCUT2D eigenvalue weighted by atomic mass is 35.5. The number of aryl methyl sites for hydroxylation is 2. The standard InChI is InChI=1S/C18H19ClN6O/c1-11-9-12(2)25-18(21-11)22-16(23-25)17(26)24-8-7-20-10-15(24)13-5-3-4-6-14(13)19/h3-6,9,15,20H,7-8,10H2,1-2H3. The minimum atomic E-state index is -0.209. The molecule has 8 heteroatoms. The molecule has 3 aromatic rings. The number of nitrogens with one attached hydrogen (secondary N) is 1. The first-order chi connectivity index (χ1) is 12.5. The van der Waals surface area contributed by atoms with Crippen LogP contribution in [-0.2, 0) is 0 Å². The van der Waals surface area contributed by atoms with Gasteiger partial charge in [0.05, 0.1) is 6.04 Å². The molecule has 0 spiro atoms. The van der Waals surface area contributed by atoms with Crippen LogP contribution in [0.4, 0.5) is 0 Å². The van der Waals surface area contributed by atoms with Crippen molar-refractivity contribution in [2.24, 2.45) is 0 Å². The number of carbonyl (C=O) groups is 1. The first-order valence-electron chi connectivity index (χ1n) is 8.52. The number of halogens is 1. The van der Waals surface area contributed by atoms with Gasteiger partial charge >= 0.3 is 0 Å². The van der Waals surface area contributed by atoms with Crippen LogP contribution >= 0.6 is 11.6 Å². The van der Waals surface area contributed by atoms with E-state index in [1.165, 1.54) is 0 Å². The lowest BCUT2D eigenvalue weighted by molar-refractivity contribution is 0.0622. The van der Waals surface area contributed by atoms with E-state index in [-0.39, 0.29) is 17.8 Å². The zero-order chi connectivity index (χ0) is 18.3. The lowest BCUT2D eigenvalue weighted by Crippen LogP contribution is -2.49. The van der Waals surface area contributed by atoms with E-state index in [0.717, 1.165) is 23.5 Å². The lowest BCUT2D eigenvalue weighted by Gasteiger charge is -2.36. The second kappa shape index (κ2) is 6.66. The highest BCUT2D eigenvalue weighted by Gasteiger charge is 2.32. The number of carbonyl (C=O) groups excluding carboxylic acids is 1. The van der Waals surface area contributed by atoms with Crippen molar-refractivity contribution >= 4 is 23.3 Å². The van der Waals surface area contributed by atoms with Gasteiger partial charge in [-0.15, -0.1) is 5.10 Å². The summed E-state index contributed by atoms with van der Waals surface area (Å²) in [4.78, 5) is 23.7. The number of nitrogens with zero attached hydrogens (tertiary/aromatic N) is 5. The molecular weight excluding hydrogens is 352 g/mol. The van der Waals surface area contributed by atoms with Crippen molar-refractivity contribution in [2.75, 3.05) is 19.6 Å². The maximum Gasteiger partial charge on any atom is 0.294 e. The Hall–Kier alpha value is -2.51. The highest BCUT2D eigenvalue weighted by molar-refractivity contribution is 6.31. The Bertz CT molecular complexity index is 985. The van der Waals surface area contributed by atoms with Crippen LogP contribution in [0.2, 0.25) is 5.02 Å². The maximum absolute atomic E-state index is 13.1. The van der Waals surface area contributed by atoms with Crippen molar-refractivity contribution < 1.29 is 4.79 Å². The van der Waals surface area contributed by atoms with Crippen LogP contribution in [0.5, 0.6) is 0 Å². The molecule has 0 aliphatic carbocycles. The van der Waals surface area contributed by atoms with Crippen molar-refractivity contribution in [1.29, 1.82) is 0 Å². The van der Waals surface area contributed by atoms with E-state index >= 15 is 0 Å². The van der Waals surface area contributed by atoms with E-state index in [2.05, 4.69) is 20.4 Å². The minimum Gasteiger partial charge on any atom is -0.326 e. The van der Waals surface area contributed by atoms with E-state index in [9.17, 15) is 4.79 Å². The first-order valence-corrected chi connectivity index (χ1v) is 8.89. The summed E-state index contributed by atoms with van der Waals surface area (Å²) in [5.41, 5.74) is 2.66. The molecule has 1 N–H and O–H groups in total. The molecule has 3 heterocycles. The van der Waals surface area contributed by atoms with Gasteiger partial charge in [-0.1, -0.05) is 29.8 Å². The van der Waals surface area contributed by atoms with Crippen LogP contribution in [0, 0.1) is 13.8 Å². The molecule has 1 aromatic carbocycles. The monoisotopic (exact) mass is 370 g/mol. The zero-order valence-electron chi connectivity index (χ0n) is 14.6. The van der Waals surface area contributed by atoms with Gasteiger partial charge in [0.15, 0.2) is 0 Å². The number of hydrogen-bond acceptors (Lipinski definition) is 5. The molecule has 1 atom stereocenters. The van der Waals surface area contributed by atoms with Crippen molar-refractivity contribution in [1.82, 2.24) is 29.8 Å². The molecule has 0 radical (unpaired) electrons. The van der Waals surface area contributed by atoms with Gasteiger partial charge in [-0.3, -0.25) is 4.79 Å². The van der Waals surface area contributed by atoms with Crippen molar-refractivity contribution in [3.05, 3.63) is 58.1 Å². The Balaban J connectivity index is 1.72. The molecule has 1 aliphatic heterocycles. The molecule has 1 aliphatic rings. The normalized spacial score (nSPS) is 17.7. The van der Waals surface area contributed by atoms with Gasteiger partial charge in [0.2, 0.25) is 5.82 Å². The average Bonchev–Trinajstić information content (AvgIpc) is 3.06. The van der Waals surface area contributed by atoms with Gasteiger partial charge in [-0.25, -0.2) is 9.50 Å². The van der Waals surface area contributed by atoms with Crippen LogP contribution in [0.3, 0.4) is 0 Å². The smallest absolute Gasteiger partial charge is 0.294 e. The number of rotatable bonds is 2. The summed E-state index contributed by atoms with van der Waals surface area (Å²) in [6, 6.07) is 9.35. The quantitative estimate of drug-likeness (QED) is 0.748. The van der Waals surface area contributed by atoms with Gasteiger partial charge in [0, 0.05) is 36.0 Å². The minimum absolute atomic E-state index is 0.158. The Morgan fingerprint density at radius 3 is 2.88 bits per heavy atom. The van der Waals surface area contributed by atoms with Crippen LogP contribution in [0.1, 0.15) is 33.6 Å². The third-order valence-electron chi connectivity index (χ3n) is 4.58. The number of aromatic nitrogens is 4. The molecule has 1 unspecified atom stereocenters. The van der Waals surface area contributed by atoms with Crippen LogP contribution < -0.4 is 5.32 Å². The molecule has 4 rings (SSSR count). The van der Waals surface area contributed by atoms with Gasteiger partial charge in [0.1, 0.15) is 0 Å². The molecule has 134 valence electrons. The predicted molar refractivity (Wildman–Crippen MR) is 98.4 cm³/mol. The number of fused-ring (bicyclic) bond motifs is 1. The van der Waals surface area contributed by atoms with Crippen LogP contribution in [0.15, 0.2) is 30.3 Å². The zero-order valence-corrected chi connectivity index (χ0v) is 15.4. The second-order valence-electron chi connectivity index (χ2n) is 6.43. The highest BCUT2D eigenvalue weighted by Crippen LogP contribution is 2.29. The third kappa shape index (κ3) is 2.93. The van der Waals surface area contributed by atoms with E-state index < -0.39 is 0 Å². The Labute approximate surface area is 156 Å². The largest absolute Gasteiger partial charge is 0.326 e.